The molecule has 1 aromatic heterocycles. The van der Waals surface area contributed by atoms with E-state index in [0.29, 0.717) is 12.2 Å². The number of nitrogens with zero attached hydrogens (tertiary/aromatic N) is 1. The molecule has 2 rings (SSSR count). The van der Waals surface area contributed by atoms with Crippen molar-refractivity contribution in [3.8, 4) is 11.3 Å². The number of aliphatic carboxylic acids is 1. The number of imidazole rings is 1. The van der Waals surface area contributed by atoms with E-state index in [-0.39, 0.29) is 0 Å². The quantitative estimate of drug-likeness (QED) is 0.912. The first kappa shape index (κ1) is 12.8. The Morgan fingerprint density at radius 3 is 2.89 bits per heavy atom. The number of H-pyrrole nitrogens is 1. The minimum atomic E-state index is -0.811. The molecule has 1 aromatic carbocycles. The van der Waals surface area contributed by atoms with Crippen molar-refractivity contribution in [1.82, 2.24) is 9.97 Å². The van der Waals surface area contributed by atoms with Gasteiger partial charge in [0.1, 0.15) is 5.82 Å². The van der Waals surface area contributed by atoms with Gasteiger partial charge in [-0.25, -0.2) is 4.98 Å². The molecule has 4 nitrogen and oxygen atoms in total. The lowest BCUT2D eigenvalue weighted by Crippen LogP contribution is -2.12. The van der Waals surface area contributed by atoms with Gasteiger partial charge in [0.2, 0.25) is 0 Å². The molecule has 1 atom stereocenters. The molecule has 0 amide bonds. The normalized spacial score (nSPS) is 12.3. The van der Waals surface area contributed by atoms with Gasteiger partial charge in [0.15, 0.2) is 0 Å². The standard InChI is InChI=1S/C13H13BrN2O2/c1-8(13(17)18)6-12-15-7-11(16-12)9-4-2-3-5-10(9)14/h2-5,7-8H,6H2,1H3,(H,15,16)(H,17,18). The Kier molecular flexibility index (Phi) is 3.81. The lowest BCUT2D eigenvalue weighted by Gasteiger charge is -2.03. The molecule has 0 spiro atoms. The van der Waals surface area contributed by atoms with E-state index >= 15 is 0 Å². The number of aromatic amines is 1. The highest BCUT2D eigenvalue weighted by molar-refractivity contribution is 9.10. The summed E-state index contributed by atoms with van der Waals surface area (Å²) in [5.74, 6) is -0.562. The summed E-state index contributed by atoms with van der Waals surface area (Å²) in [7, 11) is 0. The predicted octanol–water partition coefficient (Wildman–Crippen LogP) is 3.10. The smallest absolute Gasteiger partial charge is 0.306 e. The molecule has 94 valence electrons. The molecule has 1 heterocycles. The predicted molar refractivity (Wildman–Crippen MR) is 72.2 cm³/mol. The van der Waals surface area contributed by atoms with E-state index in [1.807, 2.05) is 24.3 Å². The zero-order valence-corrected chi connectivity index (χ0v) is 11.4. The number of carboxylic acid groups (broad SMARTS) is 1. The molecule has 18 heavy (non-hydrogen) atoms. The fraction of sp³-hybridized carbons (Fsp3) is 0.231. The van der Waals surface area contributed by atoms with Crippen LogP contribution in [0.1, 0.15) is 12.7 Å². The molecular formula is C13H13BrN2O2. The van der Waals surface area contributed by atoms with Gasteiger partial charge in [0.05, 0.1) is 17.8 Å². The average Bonchev–Trinajstić information content (AvgIpc) is 2.77. The van der Waals surface area contributed by atoms with Crippen LogP contribution in [0.3, 0.4) is 0 Å². The first-order chi connectivity index (χ1) is 8.58. The van der Waals surface area contributed by atoms with Gasteiger partial charge in [0.25, 0.3) is 0 Å². The topological polar surface area (TPSA) is 66.0 Å². The molecule has 0 saturated heterocycles. The highest BCUT2D eigenvalue weighted by Gasteiger charge is 2.14. The number of hydrogen-bond acceptors (Lipinski definition) is 2. The highest BCUT2D eigenvalue weighted by Crippen LogP contribution is 2.26. The maximum atomic E-state index is 10.8. The van der Waals surface area contributed by atoms with Crippen LogP contribution in [0, 0.1) is 5.92 Å². The van der Waals surface area contributed by atoms with Crippen LogP contribution in [-0.2, 0) is 11.2 Å². The van der Waals surface area contributed by atoms with Crippen LogP contribution in [0.5, 0.6) is 0 Å². The van der Waals surface area contributed by atoms with Crippen molar-refractivity contribution in [2.75, 3.05) is 0 Å². The summed E-state index contributed by atoms with van der Waals surface area (Å²) in [5, 5.41) is 8.86. The molecule has 0 aliphatic carbocycles. The second-order valence-corrected chi connectivity index (χ2v) is 5.02. The van der Waals surface area contributed by atoms with E-state index in [4.69, 9.17) is 5.11 Å². The number of hydrogen-bond donors (Lipinski definition) is 2. The number of carbonyl (C=O) groups is 1. The molecule has 2 aromatic rings. The Hall–Kier alpha value is -1.62. The Morgan fingerprint density at radius 1 is 1.50 bits per heavy atom. The van der Waals surface area contributed by atoms with Gasteiger partial charge in [-0.15, -0.1) is 0 Å². The summed E-state index contributed by atoms with van der Waals surface area (Å²) in [6.45, 7) is 1.67. The van der Waals surface area contributed by atoms with Crippen LogP contribution in [0.25, 0.3) is 11.3 Å². The molecule has 0 aliphatic rings. The first-order valence-electron chi connectivity index (χ1n) is 5.59. The summed E-state index contributed by atoms with van der Waals surface area (Å²) in [6, 6.07) is 7.82. The third kappa shape index (κ3) is 2.79. The van der Waals surface area contributed by atoms with Gasteiger partial charge >= 0.3 is 5.97 Å². The molecule has 1 unspecified atom stereocenters. The third-order valence-corrected chi connectivity index (χ3v) is 3.41. The molecule has 2 N–H and O–H groups in total. The molecule has 0 aliphatic heterocycles. The fourth-order valence-corrected chi connectivity index (χ4v) is 2.16. The van der Waals surface area contributed by atoms with E-state index in [9.17, 15) is 4.79 Å². The van der Waals surface area contributed by atoms with Crippen LogP contribution >= 0.6 is 15.9 Å². The average molecular weight is 309 g/mol. The Bertz CT molecular complexity index is 566. The van der Waals surface area contributed by atoms with Crippen molar-refractivity contribution in [1.29, 1.82) is 0 Å². The van der Waals surface area contributed by atoms with Crippen LogP contribution in [-0.4, -0.2) is 21.0 Å². The largest absolute Gasteiger partial charge is 0.481 e. The van der Waals surface area contributed by atoms with E-state index in [0.717, 1.165) is 15.7 Å². The van der Waals surface area contributed by atoms with Crippen molar-refractivity contribution in [3.05, 3.63) is 40.8 Å². The summed E-state index contributed by atoms with van der Waals surface area (Å²) < 4.78 is 0.978. The Morgan fingerprint density at radius 2 is 2.22 bits per heavy atom. The summed E-state index contributed by atoms with van der Waals surface area (Å²) in [4.78, 5) is 18.2. The Labute approximate surface area is 113 Å². The molecule has 0 fully saturated rings. The SMILES string of the molecule is CC(Cc1ncc(-c2ccccc2Br)[nH]1)C(=O)O. The van der Waals surface area contributed by atoms with Crippen molar-refractivity contribution < 1.29 is 9.90 Å². The van der Waals surface area contributed by atoms with Gasteiger partial charge in [0, 0.05) is 16.5 Å². The van der Waals surface area contributed by atoms with Gasteiger partial charge in [-0.2, -0.15) is 0 Å². The van der Waals surface area contributed by atoms with Crippen LogP contribution in [0.15, 0.2) is 34.9 Å². The number of rotatable bonds is 4. The summed E-state index contributed by atoms with van der Waals surface area (Å²) >= 11 is 3.47. The maximum absolute atomic E-state index is 10.8. The maximum Gasteiger partial charge on any atom is 0.306 e. The van der Waals surface area contributed by atoms with Crippen molar-refractivity contribution >= 4 is 21.9 Å². The van der Waals surface area contributed by atoms with Gasteiger partial charge in [-0.1, -0.05) is 41.1 Å². The number of halogens is 1. The second kappa shape index (κ2) is 5.35. The zero-order chi connectivity index (χ0) is 13.1. The van der Waals surface area contributed by atoms with Crippen LogP contribution in [0.4, 0.5) is 0 Å². The molecular weight excluding hydrogens is 296 g/mol. The Balaban J connectivity index is 2.21. The van der Waals surface area contributed by atoms with Crippen molar-refractivity contribution in [2.45, 2.75) is 13.3 Å². The van der Waals surface area contributed by atoms with Crippen molar-refractivity contribution in [3.63, 3.8) is 0 Å². The van der Waals surface area contributed by atoms with Crippen LogP contribution in [0.2, 0.25) is 0 Å². The molecule has 0 saturated carbocycles. The third-order valence-electron chi connectivity index (χ3n) is 2.71. The van der Waals surface area contributed by atoms with Crippen LogP contribution < -0.4 is 0 Å². The minimum absolute atomic E-state index is 0.403. The number of aromatic nitrogens is 2. The molecule has 5 heteroatoms. The second-order valence-electron chi connectivity index (χ2n) is 4.17. The lowest BCUT2D eigenvalue weighted by atomic mass is 10.1. The van der Waals surface area contributed by atoms with E-state index < -0.39 is 11.9 Å². The van der Waals surface area contributed by atoms with Gasteiger partial charge in [-0.3, -0.25) is 4.79 Å². The molecule has 0 bridgehead atoms. The number of nitrogens with one attached hydrogen (secondary N) is 1. The molecule has 0 radical (unpaired) electrons. The van der Waals surface area contributed by atoms with E-state index in [1.165, 1.54) is 0 Å². The van der Waals surface area contributed by atoms with Gasteiger partial charge < -0.3 is 10.1 Å². The van der Waals surface area contributed by atoms with Gasteiger partial charge in [-0.05, 0) is 6.07 Å². The monoisotopic (exact) mass is 308 g/mol. The fourth-order valence-electron chi connectivity index (χ4n) is 1.66. The number of carboxylic acids is 1. The highest BCUT2D eigenvalue weighted by atomic mass is 79.9. The summed E-state index contributed by atoms with van der Waals surface area (Å²) in [6.07, 6.45) is 2.13. The summed E-state index contributed by atoms with van der Waals surface area (Å²) in [5.41, 5.74) is 1.90. The minimum Gasteiger partial charge on any atom is -0.481 e. The van der Waals surface area contributed by atoms with Crippen molar-refractivity contribution in [2.24, 2.45) is 5.92 Å². The first-order valence-corrected chi connectivity index (χ1v) is 6.39. The van der Waals surface area contributed by atoms with E-state index in [1.54, 1.807) is 13.1 Å². The zero-order valence-electron chi connectivity index (χ0n) is 9.85. The lowest BCUT2D eigenvalue weighted by molar-refractivity contribution is -0.141. The van der Waals surface area contributed by atoms with E-state index in [2.05, 4.69) is 25.9 Å². The number of benzene rings is 1.